The Hall–Kier alpha value is -1.62. The first-order valence-corrected chi connectivity index (χ1v) is 6.08. The zero-order valence-electron chi connectivity index (χ0n) is 10.3. The maximum atomic E-state index is 11.8. The summed E-state index contributed by atoms with van der Waals surface area (Å²) in [5.41, 5.74) is 0.177. The highest BCUT2D eigenvalue weighted by molar-refractivity contribution is 6.32. The normalized spacial score (nSPS) is 11.9. The van der Waals surface area contributed by atoms with E-state index in [4.69, 9.17) is 11.6 Å². The summed E-state index contributed by atoms with van der Waals surface area (Å²) in [5, 5.41) is 13.4. The number of halogens is 1. The van der Waals surface area contributed by atoms with Crippen LogP contribution in [-0.4, -0.2) is 10.8 Å². The molecule has 0 aliphatic heterocycles. The van der Waals surface area contributed by atoms with Crippen LogP contribution in [0.25, 0.3) is 0 Å². The highest BCUT2D eigenvalue weighted by Gasteiger charge is 2.16. The Bertz CT molecular complexity index is 463. The van der Waals surface area contributed by atoms with Crippen molar-refractivity contribution < 1.29 is 9.72 Å². The van der Waals surface area contributed by atoms with Crippen LogP contribution >= 0.6 is 11.6 Å². The van der Waals surface area contributed by atoms with Gasteiger partial charge in [-0.2, -0.15) is 0 Å². The predicted molar refractivity (Wildman–Crippen MR) is 70.8 cm³/mol. The summed E-state index contributed by atoms with van der Waals surface area (Å²) < 4.78 is 0. The van der Waals surface area contributed by atoms with Crippen LogP contribution in [0.5, 0.6) is 0 Å². The van der Waals surface area contributed by atoms with Gasteiger partial charge in [0.1, 0.15) is 5.02 Å². The number of hydrogen-bond donors (Lipinski definition) is 1. The molecular formula is C12H15ClN2O3. The van der Waals surface area contributed by atoms with E-state index >= 15 is 0 Å². The van der Waals surface area contributed by atoms with Crippen molar-refractivity contribution in [3.05, 3.63) is 33.3 Å². The Kier molecular flexibility index (Phi) is 5.09. The molecule has 1 N–H and O–H groups in total. The minimum atomic E-state index is -0.576. The number of nitro groups is 1. The molecule has 0 aromatic heterocycles. The maximum Gasteiger partial charge on any atom is 0.289 e. The molecule has 0 bridgehead atoms. The minimum absolute atomic E-state index is 0.0552. The van der Waals surface area contributed by atoms with E-state index in [1.165, 1.54) is 12.1 Å². The van der Waals surface area contributed by atoms with Crippen LogP contribution in [-0.2, 0) is 4.79 Å². The average Bonchev–Trinajstić information content (AvgIpc) is 2.31. The summed E-state index contributed by atoms with van der Waals surface area (Å²) in [7, 11) is 0. The highest BCUT2D eigenvalue weighted by atomic mass is 35.5. The monoisotopic (exact) mass is 270 g/mol. The average molecular weight is 271 g/mol. The lowest BCUT2D eigenvalue weighted by molar-refractivity contribution is -0.384. The second kappa shape index (κ2) is 6.35. The molecule has 18 heavy (non-hydrogen) atoms. The van der Waals surface area contributed by atoms with Crippen molar-refractivity contribution in [1.82, 2.24) is 0 Å². The van der Waals surface area contributed by atoms with Crippen LogP contribution < -0.4 is 5.32 Å². The van der Waals surface area contributed by atoms with Gasteiger partial charge in [-0.05, 0) is 18.6 Å². The van der Waals surface area contributed by atoms with E-state index in [-0.39, 0.29) is 22.5 Å². The molecule has 0 heterocycles. The molecule has 0 fully saturated rings. The molecule has 1 atom stereocenters. The number of anilines is 1. The number of hydrogen-bond acceptors (Lipinski definition) is 3. The van der Waals surface area contributed by atoms with Gasteiger partial charge in [0.15, 0.2) is 0 Å². The fraction of sp³-hybridized carbons (Fsp3) is 0.417. The van der Waals surface area contributed by atoms with Gasteiger partial charge in [-0.1, -0.05) is 31.9 Å². The number of amides is 1. The molecule has 0 aliphatic carbocycles. The van der Waals surface area contributed by atoms with E-state index < -0.39 is 4.92 Å². The molecule has 0 saturated carbocycles. The molecule has 1 aromatic carbocycles. The van der Waals surface area contributed by atoms with Crippen LogP contribution in [0, 0.1) is 16.0 Å². The Labute approximate surface area is 110 Å². The number of nitro benzene ring substituents is 1. The summed E-state index contributed by atoms with van der Waals surface area (Å²) in [4.78, 5) is 21.9. The predicted octanol–water partition coefficient (Wildman–Crippen LogP) is 3.62. The van der Waals surface area contributed by atoms with E-state index in [2.05, 4.69) is 5.32 Å². The molecule has 6 heteroatoms. The molecule has 0 radical (unpaired) electrons. The van der Waals surface area contributed by atoms with Gasteiger partial charge < -0.3 is 5.32 Å². The van der Waals surface area contributed by atoms with Crippen molar-refractivity contribution in [2.24, 2.45) is 5.92 Å². The SMILES string of the molecule is CCC[C@@H](C)C(=O)Nc1ccc(Cl)c([N+](=O)[O-])c1. The number of nitrogens with zero attached hydrogens (tertiary/aromatic N) is 1. The standard InChI is InChI=1S/C12H15ClN2O3/c1-3-4-8(2)12(16)14-9-5-6-10(13)11(7-9)15(17)18/h5-8H,3-4H2,1-2H3,(H,14,16)/t8-/m1/s1. The first-order valence-electron chi connectivity index (χ1n) is 5.70. The van der Waals surface area contributed by atoms with Crippen molar-refractivity contribution in [3.63, 3.8) is 0 Å². The van der Waals surface area contributed by atoms with E-state index in [1.807, 2.05) is 13.8 Å². The number of carbonyl (C=O) groups is 1. The Balaban J connectivity index is 2.82. The Morgan fingerprint density at radius 2 is 2.22 bits per heavy atom. The zero-order chi connectivity index (χ0) is 13.7. The topological polar surface area (TPSA) is 72.2 Å². The summed E-state index contributed by atoms with van der Waals surface area (Å²) in [6.45, 7) is 3.82. The zero-order valence-corrected chi connectivity index (χ0v) is 11.0. The highest BCUT2D eigenvalue weighted by Crippen LogP contribution is 2.27. The lowest BCUT2D eigenvalue weighted by atomic mass is 10.1. The first kappa shape index (κ1) is 14.4. The maximum absolute atomic E-state index is 11.8. The van der Waals surface area contributed by atoms with Gasteiger partial charge >= 0.3 is 0 Å². The largest absolute Gasteiger partial charge is 0.326 e. The van der Waals surface area contributed by atoms with Crippen LogP contribution in [0.1, 0.15) is 26.7 Å². The summed E-state index contributed by atoms with van der Waals surface area (Å²) in [6.07, 6.45) is 1.69. The third kappa shape index (κ3) is 3.70. The van der Waals surface area contributed by atoms with E-state index in [1.54, 1.807) is 6.07 Å². The number of nitrogens with one attached hydrogen (secondary N) is 1. The number of carbonyl (C=O) groups excluding carboxylic acids is 1. The van der Waals surface area contributed by atoms with Crippen LogP contribution in [0.4, 0.5) is 11.4 Å². The van der Waals surface area contributed by atoms with Crippen molar-refractivity contribution in [3.8, 4) is 0 Å². The second-order valence-corrected chi connectivity index (χ2v) is 4.51. The van der Waals surface area contributed by atoms with Gasteiger partial charge in [-0.25, -0.2) is 0 Å². The number of benzene rings is 1. The number of rotatable bonds is 5. The van der Waals surface area contributed by atoms with Crippen molar-refractivity contribution >= 4 is 28.9 Å². The lowest BCUT2D eigenvalue weighted by Crippen LogP contribution is -2.20. The van der Waals surface area contributed by atoms with Gasteiger partial charge in [-0.3, -0.25) is 14.9 Å². The van der Waals surface area contributed by atoms with Gasteiger partial charge in [0.05, 0.1) is 4.92 Å². The van der Waals surface area contributed by atoms with Crippen molar-refractivity contribution in [1.29, 1.82) is 0 Å². The van der Waals surface area contributed by atoms with Gasteiger partial charge in [-0.15, -0.1) is 0 Å². The van der Waals surface area contributed by atoms with Crippen molar-refractivity contribution in [2.75, 3.05) is 5.32 Å². The molecule has 0 aliphatic rings. The molecule has 1 aromatic rings. The fourth-order valence-corrected chi connectivity index (χ4v) is 1.75. The van der Waals surface area contributed by atoms with Gasteiger partial charge in [0, 0.05) is 17.7 Å². The second-order valence-electron chi connectivity index (χ2n) is 4.10. The van der Waals surface area contributed by atoms with Crippen molar-refractivity contribution in [2.45, 2.75) is 26.7 Å². The molecule has 0 spiro atoms. The first-order chi connectivity index (χ1) is 8.45. The van der Waals surface area contributed by atoms with Crippen LogP contribution in [0.3, 0.4) is 0 Å². The van der Waals surface area contributed by atoms with Crippen LogP contribution in [0.15, 0.2) is 18.2 Å². The Morgan fingerprint density at radius 3 is 2.78 bits per heavy atom. The van der Waals surface area contributed by atoms with E-state index in [0.29, 0.717) is 5.69 Å². The molecule has 98 valence electrons. The van der Waals surface area contributed by atoms with Crippen LogP contribution in [0.2, 0.25) is 5.02 Å². The molecule has 0 saturated heterocycles. The fourth-order valence-electron chi connectivity index (χ4n) is 1.56. The van der Waals surface area contributed by atoms with Gasteiger partial charge in [0.25, 0.3) is 5.69 Å². The Morgan fingerprint density at radius 1 is 1.56 bits per heavy atom. The van der Waals surface area contributed by atoms with E-state index in [9.17, 15) is 14.9 Å². The molecular weight excluding hydrogens is 256 g/mol. The minimum Gasteiger partial charge on any atom is -0.326 e. The molecule has 0 unspecified atom stereocenters. The molecule has 5 nitrogen and oxygen atoms in total. The molecule has 1 amide bonds. The quantitative estimate of drug-likeness (QED) is 0.656. The summed E-state index contributed by atoms with van der Waals surface area (Å²) in [5.74, 6) is -0.266. The van der Waals surface area contributed by atoms with E-state index in [0.717, 1.165) is 12.8 Å². The summed E-state index contributed by atoms with van der Waals surface area (Å²) >= 11 is 5.69. The summed E-state index contributed by atoms with van der Waals surface area (Å²) in [6, 6.07) is 4.21. The van der Waals surface area contributed by atoms with Gasteiger partial charge in [0.2, 0.25) is 5.91 Å². The third-order valence-corrected chi connectivity index (χ3v) is 2.90. The third-order valence-electron chi connectivity index (χ3n) is 2.58. The smallest absolute Gasteiger partial charge is 0.289 e. The molecule has 1 rings (SSSR count). The lowest BCUT2D eigenvalue weighted by Gasteiger charge is -2.11.